The number of carbonyl (C=O) groups excluding carboxylic acids is 1. The van der Waals surface area contributed by atoms with Crippen molar-refractivity contribution in [1.29, 1.82) is 0 Å². The Morgan fingerprint density at radius 2 is 1.80 bits per heavy atom. The monoisotopic (exact) mass is 408 g/mol. The molecule has 30 heavy (non-hydrogen) atoms. The molecule has 2 aromatic heterocycles. The van der Waals surface area contributed by atoms with Crippen LogP contribution in [0.2, 0.25) is 0 Å². The summed E-state index contributed by atoms with van der Waals surface area (Å²) in [4.78, 5) is 16.7. The van der Waals surface area contributed by atoms with E-state index in [1.165, 1.54) is 0 Å². The van der Waals surface area contributed by atoms with Crippen LogP contribution in [0.5, 0.6) is 0 Å². The molecule has 0 aliphatic heterocycles. The summed E-state index contributed by atoms with van der Waals surface area (Å²) in [7, 11) is 1.67. The van der Waals surface area contributed by atoms with Crippen molar-refractivity contribution < 1.29 is 14.1 Å². The molecule has 1 aromatic carbocycles. The number of hydrogen-bond acceptors (Lipinski definition) is 6. The van der Waals surface area contributed by atoms with Gasteiger partial charge in [0.05, 0.1) is 13.0 Å². The molecule has 7 nitrogen and oxygen atoms in total. The largest absolute Gasteiger partial charge is 0.383 e. The maximum Gasteiger partial charge on any atom is 0.230 e. The summed E-state index contributed by atoms with van der Waals surface area (Å²) >= 11 is 0. The van der Waals surface area contributed by atoms with Gasteiger partial charge in [0.25, 0.3) is 0 Å². The van der Waals surface area contributed by atoms with E-state index in [1.54, 1.807) is 13.2 Å². The summed E-state index contributed by atoms with van der Waals surface area (Å²) in [6, 6.07) is 13.6. The van der Waals surface area contributed by atoms with Gasteiger partial charge in [0.15, 0.2) is 5.82 Å². The predicted octanol–water partition coefficient (Wildman–Crippen LogP) is 4.27. The van der Waals surface area contributed by atoms with E-state index in [1.807, 2.05) is 63.4 Å². The minimum absolute atomic E-state index is 0.135. The van der Waals surface area contributed by atoms with E-state index in [9.17, 15) is 4.79 Å². The second-order valence-electron chi connectivity index (χ2n) is 8.10. The lowest BCUT2D eigenvalue weighted by Crippen LogP contribution is -2.14. The zero-order valence-electron chi connectivity index (χ0n) is 17.9. The summed E-state index contributed by atoms with van der Waals surface area (Å²) in [5.41, 5.74) is 2.82. The van der Waals surface area contributed by atoms with Crippen molar-refractivity contribution in [2.24, 2.45) is 0 Å². The lowest BCUT2D eigenvalue weighted by molar-refractivity contribution is -0.115. The second-order valence-corrected chi connectivity index (χ2v) is 8.10. The number of nitrogens with zero attached hydrogens (tertiary/aromatic N) is 2. The number of carbonyl (C=O) groups is 1. The van der Waals surface area contributed by atoms with Crippen LogP contribution in [0.25, 0.3) is 11.1 Å². The summed E-state index contributed by atoms with van der Waals surface area (Å²) in [5.74, 6) is 1.85. The molecule has 1 amide bonds. The van der Waals surface area contributed by atoms with E-state index in [4.69, 9.17) is 9.26 Å². The third kappa shape index (κ3) is 5.90. The molecule has 0 saturated carbocycles. The van der Waals surface area contributed by atoms with Crippen LogP contribution in [-0.2, 0) is 21.4 Å². The molecule has 0 radical (unpaired) electrons. The molecule has 3 aromatic rings. The highest BCUT2D eigenvalue weighted by Gasteiger charge is 2.20. The molecule has 0 spiro atoms. The number of benzene rings is 1. The van der Waals surface area contributed by atoms with Gasteiger partial charge in [0.2, 0.25) is 5.91 Å². The van der Waals surface area contributed by atoms with Gasteiger partial charge in [0, 0.05) is 36.9 Å². The van der Waals surface area contributed by atoms with Crippen molar-refractivity contribution in [2.75, 3.05) is 30.9 Å². The van der Waals surface area contributed by atoms with Gasteiger partial charge in [-0.15, -0.1) is 0 Å². The number of hydrogen-bond donors (Lipinski definition) is 2. The van der Waals surface area contributed by atoms with Crippen LogP contribution in [-0.4, -0.2) is 36.3 Å². The number of rotatable bonds is 8. The van der Waals surface area contributed by atoms with E-state index in [0.29, 0.717) is 19.0 Å². The molecule has 0 saturated heterocycles. The number of methoxy groups -OCH3 is 1. The standard InChI is InChI=1S/C23H28N4O3/c1-23(2,3)19-14-21(27-30-19)26-22(28)13-16-5-7-17(8-6-16)18-9-10-20(25-15-18)24-11-12-29-4/h5-10,14-15H,11-13H2,1-4H3,(H,24,25)(H,26,27,28). The van der Waals surface area contributed by atoms with Crippen LogP contribution in [0.3, 0.4) is 0 Å². The van der Waals surface area contributed by atoms with Gasteiger partial charge in [-0.25, -0.2) is 4.98 Å². The molecule has 0 bridgehead atoms. The van der Waals surface area contributed by atoms with Gasteiger partial charge in [-0.1, -0.05) is 50.2 Å². The molecule has 0 atom stereocenters. The van der Waals surface area contributed by atoms with Gasteiger partial charge < -0.3 is 19.9 Å². The number of anilines is 2. The number of nitrogens with one attached hydrogen (secondary N) is 2. The minimum atomic E-state index is -0.154. The highest BCUT2D eigenvalue weighted by molar-refractivity contribution is 5.91. The van der Waals surface area contributed by atoms with Crippen molar-refractivity contribution >= 4 is 17.5 Å². The van der Waals surface area contributed by atoms with E-state index < -0.39 is 0 Å². The predicted molar refractivity (Wildman–Crippen MR) is 118 cm³/mol. The summed E-state index contributed by atoms with van der Waals surface area (Å²) in [5, 5.41) is 9.90. The Bertz CT molecular complexity index is 957. The van der Waals surface area contributed by atoms with Gasteiger partial charge in [-0.2, -0.15) is 0 Å². The first-order valence-electron chi connectivity index (χ1n) is 9.90. The third-order valence-electron chi connectivity index (χ3n) is 4.54. The van der Waals surface area contributed by atoms with Crippen LogP contribution in [0.4, 0.5) is 11.6 Å². The Morgan fingerprint density at radius 3 is 2.40 bits per heavy atom. The van der Waals surface area contributed by atoms with Gasteiger partial charge in [-0.05, 0) is 23.3 Å². The van der Waals surface area contributed by atoms with Crippen molar-refractivity contribution in [1.82, 2.24) is 10.1 Å². The molecular weight excluding hydrogens is 380 g/mol. The van der Waals surface area contributed by atoms with Crippen LogP contribution in [0, 0.1) is 0 Å². The maximum atomic E-state index is 12.3. The lowest BCUT2D eigenvalue weighted by Gasteiger charge is -2.12. The van der Waals surface area contributed by atoms with Crippen LogP contribution in [0.1, 0.15) is 32.1 Å². The maximum absolute atomic E-state index is 12.3. The Morgan fingerprint density at radius 1 is 1.07 bits per heavy atom. The molecule has 3 rings (SSSR count). The summed E-state index contributed by atoms with van der Waals surface area (Å²) in [6.07, 6.45) is 2.09. The van der Waals surface area contributed by atoms with E-state index in [2.05, 4.69) is 20.8 Å². The number of amides is 1. The fraction of sp³-hybridized carbons (Fsp3) is 0.348. The third-order valence-corrected chi connectivity index (χ3v) is 4.54. The molecule has 2 heterocycles. The van der Waals surface area contributed by atoms with Crippen molar-refractivity contribution in [3.05, 3.63) is 60.0 Å². The number of aromatic nitrogens is 2. The van der Waals surface area contributed by atoms with Gasteiger partial charge >= 0.3 is 0 Å². The molecule has 0 aliphatic carbocycles. The first kappa shape index (κ1) is 21.5. The number of ether oxygens (including phenoxy) is 1. The average Bonchev–Trinajstić information content (AvgIpc) is 3.18. The summed E-state index contributed by atoms with van der Waals surface area (Å²) < 4.78 is 10.3. The second kappa shape index (κ2) is 9.54. The molecule has 0 aliphatic rings. The van der Waals surface area contributed by atoms with Gasteiger partial charge in [-0.3, -0.25) is 4.79 Å². The molecular formula is C23H28N4O3. The zero-order valence-corrected chi connectivity index (χ0v) is 17.9. The SMILES string of the molecule is COCCNc1ccc(-c2ccc(CC(=O)Nc3cc(C(C)(C)C)on3)cc2)cn1. The quantitative estimate of drug-likeness (QED) is 0.541. The Kier molecular flexibility index (Phi) is 6.84. The Hall–Kier alpha value is -3.19. The number of pyridine rings is 1. The first-order chi connectivity index (χ1) is 14.3. The first-order valence-corrected chi connectivity index (χ1v) is 9.90. The van der Waals surface area contributed by atoms with Crippen molar-refractivity contribution in [2.45, 2.75) is 32.6 Å². The van der Waals surface area contributed by atoms with Crippen LogP contribution >= 0.6 is 0 Å². The topological polar surface area (TPSA) is 89.3 Å². The van der Waals surface area contributed by atoms with E-state index >= 15 is 0 Å². The van der Waals surface area contributed by atoms with Crippen LogP contribution < -0.4 is 10.6 Å². The minimum Gasteiger partial charge on any atom is -0.383 e. The fourth-order valence-electron chi connectivity index (χ4n) is 2.83. The molecule has 2 N–H and O–H groups in total. The van der Waals surface area contributed by atoms with E-state index in [-0.39, 0.29) is 17.7 Å². The molecule has 158 valence electrons. The summed E-state index contributed by atoms with van der Waals surface area (Å²) in [6.45, 7) is 7.43. The molecule has 0 unspecified atom stereocenters. The molecule has 0 fully saturated rings. The van der Waals surface area contributed by atoms with E-state index in [0.717, 1.165) is 28.3 Å². The van der Waals surface area contributed by atoms with Crippen LogP contribution in [0.15, 0.2) is 53.2 Å². The zero-order chi connectivity index (χ0) is 21.6. The Balaban J connectivity index is 1.56. The van der Waals surface area contributed by atoms with Crippen molar-refractivity contribution in [3.63, 3.8) is 0 Å². The molecule has 7 heteroatoms. The highest BCUT2D eigenvalue weighted by Crippen LogP contribution is 2.24. The lowest BCUT2D eigenvalue weighted by atomic mass is 9.93. The average molecular weight is 409 g/mol. The normalized spacial score (nSPS) is 11.3. The fourth-order valence-corrected chi connectivity index (χ4v) is 2.83. The van der Waals surface area contributed by atoms with Crippen molar-refractivity contribution in [3.8, 4) is 11.1 Å². The van der Waals surface area contributed by atoms with Gasteiger partial charge in [0.1, 0.15) is 11.6 Å². The smallest absolute Gasteiger partial charge is 0.230 e. The Labute approximate surface area is 176 Å². The highest BCUT2D eigenvalue weighted by atomic mass is 16.5.